The van der Waals surface area contributed by atoms with Gasteiger partial charge in [0, 0.05) is 13.1 Å². The summed E-state index contributed by atoms with van der Waals surface area (Å²) in [6.07, 6.45) is 4.54. The lowest BCUT2D eigenvalue weighted by Crippen LogP contribution is -2.38. The van der Waals surface area contributed by atoms with E-state index in [0.717, 1.165) is 44.0 Å². The van der Waals surface area contributed by atoms with Crippen LogP contribution in [0.5, 0.6) is 0 Å². The predicted molar refractivity (Wildman–Crippen MR) is 91.6 cm³/mol. The van der Waals surface area contributed by atoms with Crippen LogP contribution < -0.4 is 0 Å². The number of likely N-dealkylation sites (tertiary alicyclic amines) is 1. The van der Waals surface area contributed by atoms with Crippen molar-refractivity contribution in [2.45, 2.75) is 39.5 Å². The molecule has 1 fully saturated rings. The Bertz CT molecular complexity index is 649. The topological polar surface area (TPSA) is 33.5 Å². The number of nitrogens with zero attached hydrogens (tertiary/aromatic N) is 1. The van der Waals surface area contributed by atoms with Gasteiger partial charge < -0.3 is 9.32 Å². The van der Waals surface area contributed by atoms with Crippen molar-refractivity contribution in [1.29, 1.82) is 0 Å². The molecule has 0 unspecified atom stereocenters. The molecule has 1 saturated heterocycles. The zero-order valence-corrected chi connectivity index (χ0v) is 14.0. The van der Waals surface area contributed by atoms with Crippen LogP contribution in [-0.4, -0.2) is 23.9 Å². The number of carbonyl (C=O) groups is 1. The smallest absolute Gasteiger partial charge is 0.289 e. The molecule has 0 radical (unpaired) electrons. The minimum atomic E-state index is 0.0371. The van der Waals surface area contributed by atoms with E-state index in [1.165, 1.54) is 17.5 Å². The number of hydrogen-bond acceptors (Lipinski definition) is 2. The van der Waals surface area contributed by atoms with Crippen LogP contribution in [0.2, 0.25) is 0 Å². The summed E-state index contributed by atoms with van der Waals surface area (Å²) in [6.45, 7) is 5.68. The van der Waals surface area contributed by atoms with Gasteiger partial charge >= 0.3 is 0 Å². The zero-order chi connectivity index (χ0) is 16.2. The molecule has 2 aromatic rings. The maximum atomic E-state index is 12.4. The highest BCUT2D eigenvalue weighted by molar-refractivity contribution is 5.91. The summed E-state index contributed by atoms with van der Waals surface area (Å²) in [6, 6.07) is 12.5. The monoisotopic (exact) mass is 311 g/mol. The number of aryl methyl sites for hydroxylation is 3. The molecule has 0 N–H and O–H groups in total. The predicted octanol–water partition coefficient (Wildman–Crippen LogP) is 4.38. The first kappa shape index (κ1) is 15.9. The summed E-state index contributed by atoms with van der Waals surface area (Å²) in [5, 5.41) is 0. The number of rotatable bonds is 4. The molecular weight excluding hydrogens is 286 g/mol. The van der Waals surface area contributed by atoms with Crippen LogP contribution in [0.25, 0.3) is 0 Å². The summed E-state index contributed by atoms with van der Waals surface area (Å²) in [5.74, 6) is 2.02. The van der Waals surface area contributed by atoms with E-state index in [9.17, 15) is 4.79 Å². The van der Waals surface area contributed by atoms with Crippen LogP contribution in [0, 0.1) is 19.8 Å². The van der Waals surface area contributed by atoms with E-state index >= 15 is 0 Å². The Morgan fingerprint density at radius 1 is 1.09 bits per heavy atom. The Labute approximate surface area is 138 Å². The van der Waals surface area contributed by atoms with Crippen molar-refractivity contribution in [3.05, 3.63) is 59.0 Å². The zero-order valence-electron chi connectivity index (χ0n) is 14.0. The lowest BCUT2D eigenvalue weighted by molar-refractivity contribution is 0.0653. The summed E-state index contributed by atoms with van der Waals surface area (Å²) >= 11 is 0. The minimum Gasteiger partial charge on any atom is -0.456 e. The first-order chi connectivity index (χ1) is 11.1. The van der Waals surface area contributed by atoms with Crippen LogP contribution in [0.15, 0.2) is 40.8 Å². The fraction of sp³-hybridized carbons (Fsp3) is 0.450. The molecule has 0 aliphatic carbocycles. The molecule has 1 aromatic heterocycles. The average Bonchev–Trinajstić information content (AvgIpc) is 3.01. The minimum absolute atomic E-state index is 0.0371. The Morgan fingerprint density at radius 2 is 1.78 bits per heavy atom. The number of benzene rings is 1. The Balaban J connectivity index is 1.46. The largest absolute Gasteiger partial charge is 0.456 e. The highest BCUT2D eigenvalue weighted by atomic mass is 16.3. The maximum absolute atomic E-state index is 12.4. The van der Waals surface area contributed by atoms with Crippen molar-refractivity contribution in [2.75, 3.05) is 13.1 Å². The number of amides is 1. The summed E-state index contributed by atoms with van der Waals surface area (Å²) in [5.41, 5.74) is 2.73. The van der Waals surface area contributed by atoms with E-state index in [4.69, 9.17) is 4.42 Å². The first-order valence-corrected chi connectivity index (χ1v) is 8.53. The highest BCUT2D eigenvalue weighted by Gasteiger charge is 2.25. The standard InChI is InChI=1S/C20H25NO2/c1-15-3-6-17(7-4-15)8-9-18-11-13-21(14-12-18)20(22)19-10-5-16(2)23-19/h3-7,10,18H,8-9,11-14H2,1-2H3. The Morgan fingerprint density at radius 3 is 2.39 bits per heavy atom. The van der Waals surface area contributed by atoms with Gasteiger partial charge in [0.15, 0.2) is 5.76 Å². The van der Waals surface area contributed by atoms with Gasteiger partial charge in [-0.3, -0.25) is 4.79 Å². The molecule has 0 spiro atoms. The third kappa shape index (κ3) is 4.04. The molecule has 3 rings (SSSR count). The second kappa shape index (κ2) is 7.03. The van der Waals surface area contributed by atoms with Crippen LogP contribution >= 0.6 is 0 Å². The first-order valence-electron chi connectivity index (χ1n) is 8.53. The number of furan rings is 1. The van der Waals surface area contributed by atoms with Crippen LogP contribution in [0.4, 0.5) is 0 Å². The third-order valence-electron chi connectivity index (χ3n) is 4.81. The van der Waals surface area contributed by atoms with Gasteiger partial charge in [-0.15, -0.1) is 0 Å². The fourth-order valence-electron chi connectivity index (χ4n) is 3.26. The summed E-state index contributed by atoms with van der Waals surface area (Å²) in [7, 11) is 0. The van der Waals surface area contributed by atoms with Gasteiger partial charge in [0.2, 0.25) is 0 Å². The molecule has 0 atom stereocenters. The molecule has 1 aliphatic rings. The van der Waals surface area contributed by atoms with Crippen molar-refractivity contribution in [2.24, 2.45) is 5.92 Å². The van der Waals surface area contributed by atoms with Crippen molar-refractivity contribution < 1.29 is 9.21 Å². The van der Waals surface area contributed by atoms with Crippen molar-refractivity contribution in [3.8, 4) is 0 Å². The van der Waals surface area contributed by atoms with Crippen molar-refractivity contribution in [3.63, 3.8) is 0 Å². The summed E-state index contributed by atoms with van der Waals surface area (Å²) in [4.78, 5) is 14.3. The van der Waals surface area contributed by atoms with Gasteiger partial charge in [-0.2, -0.15) is 0 Å². The van der Waals surface area contributed by atoms with E-state index in [2.05, 4.69) is 31.2 Å². The quantitative estimate of drug-likeness (QED) is 0.839. The fourth-order valence-corrected chi connectivity index (χ4v) is 3.26. The van der Waals surface area contributed by atoms with Gasteiger partial charge in [-0.05, 0) is 63.1 Å². The van der Waals surface area contributed by atoms with Crippen molar-refractivity contribution >= 4 is 5.91 Å². The van der Waals surface area contributed by atoms with Gasteiger partial charge in [-0.25, -0.2) is 0 Å². The second-order valence-corrected chi connectivity index (χ2v) is 6.67. The van der Waals surface area contributed by atoms with Gasteiger partial charge in [-0.1, -0.05) is 29.8 Å². The number of piperidine rings is 1. The SMILES string of the molecule is Cc1ccc(CCC2CCN(C(=O)c3ccc(C)o3)CC2)cc1. The highest BCUT2D eigenvalue weighted by Crippen LogP contribution is 2.24. The molecule has 1 aromatic carbocycles. The molecule has 0 saturated carbocycles. The van der Waals surface area contributed by atoms with E-state index in [1.54, 1.807) is 6.07 Å². The molecular formula is C20H25NO2. The van der Waals surface area contributed by atoms with E-state index < -0.39 is 0 Å². The lowest BCUT2D eigenvalue weighted by atomic mass is 9.90. The molecule has 3 heteroatoms. The van der Waals surface area contributed by atoms with E-state index in [-0.39, 0.29) is 5.91 Å². The summed E-state index contributed by atoms with van der Waals surface area (Å²) < 4.78 is 5.45. The van der Waals surface area contributed by atoms with E-state index in [1.807, 2.05) is 17.9 Å². The van der Waals surface area contributed by atoms with Crippen LogP contribution in [0.3, 0.4) is 0 Å². The van der Waals surface area contributed by atoms with Gasteiger partial charge in [0.1, 0.15) is 5.76 Å². The Hall–Kier alpha value is -2.03. The molecule has 3 nitrogen and oxygen atoms in total. The van der Waals surface area contributed by atoms with E-state index in [0.29, 0.717) is 5.76 Å². The molecule has 1 aliphatic heterocycles. The lowest BCUT2D eigenvalue weighted by Gasteiger charge is -2.31. The normalized spacial score (nSPS) is 15.8. The third-order valence-corrected chi connectivity index (χ3v) is 4.81. The molecule has 23 heavy (non-hydrogen) atoms. The van der Waals surface area contributed by atoms with Gasteiger partial charge in [0.05, 0.1) is 0 Å². The second-order valence-electron chi connectivity index (χ2n) is 6.67. The van der Waals surface area contributed by atoms with Crippen molar-refractivity contribution in [1.82, 2.24) is 4.90 Å². The number of carbonyl (C=O) groups excluding carboxylic acids is 1. The van der Waals surface area contributed by atoms with Gasteiger partial charge in [0.25, 0.3) is 5.91 Å². The Kier molecular flexibility index (Phi) is 4.85. The average molecular weight is 311 g/mol. The molecule has 1 amide bonds. The van der Waals surface area contributed by atoms with Crippen LogP contribution in [0.1, 0.15) is 46.7 Å². The molecule has 0 bridgehead atoms. The number of hydrogen-bond donors (Lipinski definition) is 0. The molecule has 122 valence electrons. The maximum Gasteiger partial charge on any atom is 0.289 e. The van der Waals surface area contributed by atoms with Crippen LogP contribution in [-0.2, 0) is 6.42 Å². The molecule has 2 heterocycles.